The van der Waals surface area contributed by atoms with E-state index >= 15 is 0 Å². The van der Waals surface area contributed by atoms with Crippen molar-refractivity contribution in [2.45, 2.75) is 0 Å². The summed E-state index contributed by atoms with van der Waals surface area (Å²) in [5.41, 5.74) is 6.73. The topological polar surface area (TPSA) is 76.5 Å². The fourth-order valence-corrected chi connectivity index (χ4v) is 7.01. The van der Waals surface area contributed by atoms with E-state index in [9.17, 15) is 0 Å². The number of para-hydroxylation sites is 1. The first-order chi connectivity index (χ1) is 24.8. The van der Waals surface area contributed by atoms with Gasteiger partial charge in [-0.25, -0.2) is 24.9 Å². The Morgan fingerprint density at radius 1 is 0.580 bits per heavy atom. The minimum atomic E-state index is 0.557. The lowest BCUT2D eigenvalue weighted by molar-refractivity contribution is 0.668. The molecule has 0 spiro atoms. The summed E-state index contributed by atoms with van der Waals surface area (Å²) in [4.78, 5) is 25.1. The number of fused-ring (bicyclic) bond motifs is 4. The van der Waals surface area contributed by atoms with Crippen molar-refractivity contribution in [1.82, 2.24) is 15.0 Å². The molecule has 0 N–H and O–H groups in total. The molecule has 0 fully saturated rings. The molecule has 0 bridgehead atoms. The Hall–Kier alpha value is -6.57. The molecule has 9 rings (SSSR count). The summed E-state index contributed by atoms with van der Waals surface area (Å²) < 4.78 is 7.86. The average molecular weight is 662 g/mol. The maximum Gasteiger partial charge on any atom is 0.164 e. The summed E-state index contributed by atoms with van der Waals surface area (Å²) in [6, 6.07) is 50.5. The summed E-state index contributed by atoms with van der Waals surface area (Å²) >= 11 is 1.67. The second-order valence-electron chi connectivity index (χ2n) is 11.7. The monoisotopic (exact) mass is 661 g/mol. The molecule has 3 aromatic heterocycles. The fraction of sp³-hybridized carbons (Fsp3) is 0. The highest BCUT2D eigenvalue weighted by Crippen LogP contribution is 2.39. The minimum Gasteiger partial charge on any atom is -0.455 e. The number of nitrogens with zero attached hydrogens (tertiary/aromatic N) is 5. The molecule has 0 aliphatic rings. The first kappa shape index (κ1) is 29.6. The first-order valence-electron chi connectivity index (χ1n) is 16.2. The minimum absolute atomic E-state index is 0.557. The summed E-state index contributed by atoms with van der Waals surface area (Å²) in [6.07, 6.45) is 1.85. The summed E-state index contributed by atoms with van der Waals surface area (Å²) in [5, 5.41) is 5.01. The number of rotatable bonds is 6. The van der Waals surface area contributed by atoms with Crippen LogP contribution in [0.4, 0.5) is 5.69 Å². The van der Waals surface area contributed by atoms with Gasteiger partial charge in [-0.15, -0.1) is 11.3 Å². The molecule has 0 radical (unpaired) electrons. The van der Waals surface area contributed by atoms with E-state index in [1.807, 2.05) is 140 Å². The lowest BCUT2D eigenvalue weighted by Crippen LogP contribution is -2.00. The number of hydrogen-bond acceptors (Lipinski definition) is 6. The fourth-order valence-electron chi connectivity index (χ4n) is 6.14. The van der Waals surface area contributed by atoms with E-state index in [0.29, 0.717) is 28.9 Å². The van der Waals surface area contributed by atoms with Gasteiger partial charge in [-0.1, -0.05) is 133 Å². The van der Waals surface area contributed by atoms with Gasteiger partial charge < -0.3 is 4.42 Å². The van der Waals surface area contributed by atoms with Gasteiger partial charge in [0.25, 0.3) is 0 Å². The zero-order chi connectivity index (χ0) is 33.3. The first-order valence-corrected chi connectivity index (χ1v) is 17.1. The van der Waals surface area contributed by atoms with Crippen molar-refractivity contribution in [2.75, 3.05) is 0 Å². The highest BCUT2D eigenvalue weighted by Gasteiger charge is 2.20. The summed E-state index contributed by atoms with van der Waals surface area (Å²) in [5.74, 6) is 2.33. The van der Waals surface area contributed by atoms with Crippen molar-refractivity contribution in [3.05, 3.63) is 168 Å². The van der Waals surface area contributed by atoms with Crippen molar-refractivity contribution in [3.8, 4) is 34.2 Å². The predicted molar refractivity (Wildman–Crippen MR) is 205 cm³/mol. The molecule has 0 saturated heterocycles. The van der Waals surface area contributed by atoms with E-state index in [1.165, 1.54) is 4.70 Å². The normalized spacial score (nSPS) is 12.0. The van der Waals surface area contributed by atoms with Gasteiger partial charge in [-0.2, -0.15) is 0 Å². The van der Waals surface area contributed by atoms with Crippen LogP contribution in [0, 0.1) is 0 Å². The summed E-state index contributed by atoms with van der Waals surface area (Å²) in [6.45, 7) is 0. The van der Waals surface area contributed by atoms with Gasteiger partial charge in [0.05, 0.1) is 11.3 Å². The van der Waals surface area contributed by atoms with Crippen LogP contribution in [0.2, 0.25) is 0 Å². The molecule has 9 aromatic rings. The second kappa shape index (κ2) is 12.8. The molecule has 0 unspecified atom stereocenters. The zero-order valence-corrected chi connectivity index (χ0v) is 27.5. The third-order valence-electron chi connectivity index (χ3n) is 8.53. The van der Waals surface area contributed by atoms with Crippen molar-refractivity contribution in [2.24, 2.45) is 9.98 Å². The quantitative estimate of drug-likeness (QED) is 0.131. The van der Waals surface area contributed by atoms with E-state index in [2.05, 4.69) is 23.6 Å². The Balaban J connectivity index is 1.25. The number of amidine groups is 1. The van der Waals surface area contributed by atoms with Gasteiger partial charge in [0, 0.05) is 49.1 Å². The van der Waals surface area contributed by atoms with E-state index in [1.54, 1.807) is 11.3 Å². The third kappa shape index (κ3) is 5.55. The van der Waals surface area contributed by atoms with E-state index in [-0.39, 0.29) is 0 Å². The van der Waals surface area contributed by atoms with Crippen LogP contribution in [0.3, 0.4) is 0 Å². The molecule has 7 heteroatoms. The van der Waals surface area contributed by atoms with Crippen molar-refractivity contribution >= 4 is 61.1 Å². The Kier molecular flexibility index (Phi) is 7.57. The number of thiophene rings is 1. The lowest BCUT2D eigenvalue weighted by atomic mass is 10.0. The number of aromatic nitrogens is 3. The highest BCUT2D eigenvalue weighted by molar-refractivity contribution is 7.17. The van der Waals surface area contributed by atoms with Gasteiger partial charge in [0.1, 0.15) is 11.2 Å². The van der Waals surface area contributed by atoms with Crippen LogP contribution in [-0.2, 0) is 0 Å². The van der Waals surface area contributed by atoms with Crippen LogP contribution in [0.25, 0.3) is 66.2 Å². The van der Waals surface area contributed by atoms with Crippen molar-refractivity contribution in [3.63, 3.8) is 0 Å². The smallest absolute Gasteiger partial charge is 0.164 e. The van der Waals surface area contributed by atoms with Crippen LogP contribution in [0.5, 0.6) is 0 Å². The van der Waals surface area contributed by atoms with Crippen molar-refractivity contribution in [1.29, 1.82) is 0 Å². The molecule has 236 valence electrons. The molecule has 6 aromatic carbocycles. The molecule has 0 atom stereocenters. The predicted octanol–water partition coefficient (Wildman–Crippen LogP) is 11.2. The van der Waals surface area contributed by atoms with Gasteiger partial charge in [0.2, 0.25) is 0 Å². The largest absolute Gasteiger partial charge is 0.455 e. The molecule has 0 saturated carbocycles. The molecular weight excluding hydrogens is 635 g/mol. The molecule has 3 heterocycles. The van der Waals surface area contributed by atoms with Gasteiger partial charge >= 0.3 is 0 Å². The summed E-state index contributed by atoms with van der Waals surface area (Å²) in [7, 11) is 0. The van der Waals surface area contributed by atoms with E-state index in [4.69, 9.17) is 29.4 Å². The van der Waals surface area contributed by atoms with Crippen LogP contribution >= 0.6 is 11.3 Å². The third-order valence-corrected chi connectivity index (χ3v) is 9.48. The van der Waals surface area contributed by atoms with Gasteiger partial charge in [-0.05, 0) is 23.8 Å². The Morgan fingerprint density at radius 2 is 1.20 bits per heavy atom. The maximum absolute atomic E-state index is 6.69. The van der Waals surface area contributed by atoms with Crippen LogP contribution in [0.15, 0.2) is 171 Å². The molecule has 0 amide bonds. The molecular formula is C43H27N5OS. The second-order valence-corrected chi connectivity index (χ2v) is 12.6. The number of aliphatic imine (C=N–C) groups is 2. The van der Waals surface area contributed by atoms with Crippen LogP contribution in [0.1, 0.15) is 11.1 Å². The highest BCUT2D eigenvalue weighted by atomic mass is 32.1. The Morgan fingerprint density at radius 3 is 1.94 bits per heavy atom. The van der Waals surface area contributed by atoms with Gasteiger partial charge in [-0.3, -0.25) is 0 Å². The van der Waals surface area contributed by atoms with E-state index < -0.39 is 0 Å². The average Bonchev–Trinajstić information content (AvgIpc) is 3.79. The lowest BCUT2D eigenvalue weighted by Gasteiger charge is -2.09. The molecule has 0 aliphatic carbocycles. The van der Waals surface area contributed by atoms with Crippen molar-refractivity contribution < 1.29 is 4.42 Å². The molecule has 50 heavy (non-hydrogen) atoms. The Labute approximate surface area is 291 Å². The van der Waals surface area contributed by atoms with Gasteiger partial charge in [0.15, 0.2) is 23.3 Å². The van der Waals surface area contributed by atoms with Crippen LogP contribution in [-0.4, -0.2) is 27.0 Å². The molecule has 0 aliphatic heterocycles. The Bertz CT molecular complexity index is 2640. The van der Waals surface area contributed by atoms with Crippen LogP contribution < -0.4 is 0 Å². The standard InChI is InChI=1S/C43H27N5OS/c1-4-14-28(15-5-1)26-44-42(45-35-27-50-37-25-11-10-20-31(35)37)34-23-12-21-32-38-33(22-13-24-36(38)49-39(32)34)43-47-40(29-16-6-2-7-17-29)46-41(48-43)30-18-8-3-9-19-30/h1-27H. The molecule has 6 nitrogen and oxygen atoms in total. The maximum atomic E-state index is 6.69. The number of furan rings is 1. The zero-order valence-electron chi connectivity index (χ0n) is 26.6. The number of hydrogen-bond donors (Lipinski definition) is 0. The SMILES string of the molecule is C(=NC(=Nc1csc2ccccc12)c1cccc2c1oc1cccc(-c3nc(-c4ccccc4)nc(-c4ccccc4)n3)c12)c1ccccc1. The number of benzene rings is 6. The van der Waals surface area contributed by atoms with E-state index in [0.717, 1.165) is 55.2 Å².